The Balaban J connectivity index is 2.31. The van der Waals surface area contributed by atoms with Crippen LogP contribution < -0.4 is 10.5 Å². The van der Waals surface area contributed by atoms with Gasteiger partial charge >= 0.3 is 0 Å². The van der Waals surface area contributed by atoms with Crippen LogP contribution in [0, 0.1) is 6.92 Å². The van der Waals surface area contributed by atoms with E-state index in [0.29, 0.717) is 0 Å². The SMILES string of the molecule is COc1ccc(-c2nc(C(N)CO)cs2)cc1C. The lowest BCUT2D eigenvalue weighted by atomic mass is 10.1. The second-order valence-corrected chi connectivity index (χ2v) is 4.91. The van der Waals surface area contributed by atoms with Crippen LogP contribution in [0.4, 0.5) is 0 Å². The second-order valence-electron chi connectivity index (χ2n) is 4.05. The molecule has 1 aromatic heterocycles. The molecule has 2 aromatic rings. The zero-order valence-electron chi connectivity index (χ0n) is 10.4. The van der Waals surface area contributed by atoms with Crippen LogP contribution in [0.2, 0.25) is 0 Å². The quantitative estimate of drug-likeness (QED) is 0.887. The fraction of sp³-hybridized carbons (Fsp3) is 0.308. The van der Waals surface area contributed by atoms with Gasteiger partial charge in [0.05, 0.1) is 25.5 Å². The predicted octanol–water partition coefficient (Wildman–Crippen LogP) is 2.12. The molecule has 0 saturated heterocycles. The first-order chi connectivity index (χ1) is 8.65. The van der Waals surface area contributed by atoms with Gasteiger partial charge in [0.1, 0.15) is 10.8 Å². The minimum absolute atomic E-state index is 0.0924. The lowest BCUT2D eigenvalue weighted by Gasteiger charge is -2.06. The molecule has 5 heteroatoms. The molecular formula is C13H16N2O2S. The summed E-state index contributed by atoms with van der Waals surface area (Å²) in [5.74, 6) is 0.864. The maximum atomic E-state index is 9.00. The molecule has 0 saturated carbocycles. The Morgan fingerprint density at radius 2 is 2.28 bits per heavy atom. The van der Waals surface area contributed by atoms with Gasteiger partial charge in [-0.1, -0.05) is 0 Å². The van der Waals surface area contributed by atoms with Crippen LogP contribution in [-0.2, 0) is 0 Å². The summed E-state index contributed by atoms with van der Waals surface area (Å²) in [6, 6.07) is 5.53. The zero-order chi connectivity index (χ0) is 13.1. The summed E-state index contributed by atoms with van der Waals surface area (Å²) >= 11 is 1.53. The Kier molecular flexibility index (Phi) is 3.96. The van der Waals surface area contributed by atoms with E-state index < -0.39 is 6.04 Å². The van der Waals surface area contributed by atoms with Crippen LogP contribution in [-0.4, -0.2) is 23.8 Å². The number of nitrogens with two attached hydrogens (primary N) is 1. The molecule has 1 atom stereocenters. The molecule has 1 unspecified atom stereocenters. The third-order valence-electron chi connectivity index (χ3n) is 2.74. The molecule has 96 valence electrons. The Morgan fingerprint density at radius 3 is 2.89 bits per heavy atom. The highest BCUT2D eigenvalue weighted by molar-refractivity contribution is 7.13. The summed E-state index contributed by atoms with van der Waals surface area (Å²) in [6.07, 6.45) is 0. The van der Waals surface area contributed by atoms with Crippen LogP contribution >= 0.6 is 11.3 Å². The minimum atomic E-state index is -0.408. The molecule has 1 heterocycles. The molecule has 0 aliphatic heterocycles. The van der Waals surface area contributed by atoms with Gasteiger partial charge in [-0.3, -0.25) is 0 Å². The first-order valence-corrected chi connectivity index (χ1v) is 6.50. The number of ether oxygens (including phenoxy) is 1. The van der Waals surface area contributed by atoms with E-state index in [4.69, 9.17) is 15.6 Å². The number of nitrogens with zero attached hydrogens (tertiary/aromatic N) is 1. The number of hydrogen-bond donors (Lipinski definition) is 2. The normalized spacial score (nSPS) is 12.4. The Hall–Kier alpha value is -1.43. The summed E-state index contributed by atoms with van der Waals surface area (Å²) < 4.78 is 5.23. The number of aromatic nitrogens is 1. The molecule has 3 N–H and O–H groups in total. The summed E-state index contributed by atoms with van der Waals surface area (Å²) in [5, 5.41) is 11.8. The fourth-order valence-electron chi connectivity index (χ4n) is 1.69. The third kappa shape index (κ3) is 2.53. The van der Waals surface area contributed by atoms with E-state index in [-0.39, 0.29) is 6.61 Å². The van der Waals surface area contributed by atoms with Crippen molar-refractivity contribution in [2.24, 2.45) is 5.73 Å². The Bertz CT molecular complexity index is 540. The van der Waals surface area contributed by atoms with Crippen molar-refractivity contribution in [3.63, 3.8) is 0 Å². The number of hydrogen-bond acceptors (Lipinski definition) is 5. The van der Waals surface area contributed by atoms with Crippen molar-refractivity contribution in [2.45, 2.75) is 13.0 Å². The number of methoxy groups -OCH3 is 1. The Morgan fingerprint density at radius 1 is 1.50 bits per heavy atom. The molecule has 0 aliphatic rings. The molecule has 0 bridgehead atoms. The number of thiazole rings is 1. The summed E-state index contributed by atoms with van der Waals surface area (Å²) in [5.41, 5.74) is 8.57. The van der Waals surface area contributed by atoms with E-state index in [9.17, 15) is 0 Å². The summed E-state index contributed by atoms with van der Waals surface area (Å²) in [6.45, 7) is 1.90. The van der Waals surface area contributed by atoms with Gasteiger partial charge in [-0.05, 0) is 30.7 Å². The lowest BCUT2D eigenvalue weighted by molar-refractivity contribution is 0.266. The van der Waals surface area contributed by atoms with E-state index in [1.54, 1.807) is 7.11 Å². The lowest BCUT2D eigenvalue weighted by Crippen LogP contribution is -2.14. The van der Waals surface area contributed by atoms with Gasteiger partial charge in [0.25, 0.3) is 0 Å². The van der Waals surface area contributed by atoms with Crippen molar-refractivity contribution in [3.05, 3.63) is 34.8 Å². The summed E-state index contributed by atoms with van der Waals surface area (Å²) in [4.78, 5) is 4.44. The van der Waals surface area contributed by atoms with Crippen LogP contribution in [0.15, 0.2) is 23.6 Å². The van der Waals surface area contributed by atoms with Crippen molar-refractivity contribution >= 4 is 11.3 Å². The van der Waals surface area contributed by atoms with Gasteiger partial charge < -0.3 is 15.6 Å². The molecule has 0 spiro atoms. The fourth-order valence-corrected chi connectivity index (χ4v) is 2.58. The van der Waals surface area contributed by atoms with Crippen molar-refractivity contribution in [3.8, 4) is 16.3 Å². The van der Waals surface area contributed by atoms with E-state index in [2.05, 4.69) is 4.98 Å². The third-order valence-corrected chi connectivity index (χ3v) is 3.65. The molecule has 4 nitrogen and oxygen atoms in total. The molecule has 0 amide bonds. The van der Waals surface area contributed by atoms with Gasteiger partial charge in [0.15, 0.2) is 0 Å². The molecule has 2 rings (SSSR count). The predicted molar refractivity (Wildman–Crippen MR) is 72.9 cm³/mol. The maximum absolute atomic E-state index is 9.00. The van der Waals surface area contributed by atoms with Gasteiger partial charge in [0.2, 0.25) is 0 Å². The number of rotatable bonds is 4. The Labute approximate surface area is 110 Å². The second kappa shape index (κ2) is 5.48. The largest absolute Gasteiger partial charge is 0.496 e. The van der Waals surface area contributed by atoms with Crippen LogP contribution in [0.1, 0.15) is 17.3 Å². The topological polar surface area (TPSA) is 68.4 Å². The number of benzene rings is 1. The van der Waals surface area contributed by atoms with Gasteiger partial charge in [-0.15, -0.1) is 11.3 Å². The van der Waals surface area contributed by atoms with Crippen molar-refractivity contribution < 1.29 is 9.84 Å². The first kappa shape index (κ1) is 13.0. The van der Waals surface area contributed by atoms with Gasteiger partial charge in [-0.25, -0.2) is 4.98 Å². The highest BCUT2D eigenvalue weighted by Gasteiger charge is 2.11. The van der Waals surface area contributed by atoms with E-state index in [1.165, 1.54) is 11.3 Å². The monoisotopic (exact) mass is 264 g/mol. The van der Waals surface area contributed by atoms with Crippen molar-refractivity contribution in [1.82, 2.24) is 4.98 Å². The number of aryl methyl sites for hydroxylation is 1. The van der Waals surface area contributed by atoms with Crippen LogP contribution in [0.3, 0.4) is 0 Å². The maximum Gasteiger partial charge on any atom is 0.123 e. The van der Waals surface area contributed by atoms with E-state index in [0.717, 1.165) is 27.6 Å². The van der Waals surface area contributed by atoms with E-state index in [1.807, 2.05) is 30.5 Å². The summed E-state index contributed by atoms with van der Waals surface area (Å²) in [7, 11) is 1.66. The minimum Gasteiger partial charge on any atom is -0.496 e. The van der Waals surface area contributed by atoms with E-state index >= 15 is 0 Å². The van der Waals surface area contributed by atoms with Gasteiger partial charge in [-0.2, -0.15) is 0 Å². The first-order valence-electron chi connectivity index (χ1n) is 5.62. The van der Waals surface area contributed by atoms with Crippen molar-refractivity contribution in [1.29, 1.82) is 0 Å². The number of aliphatic hydroxyl groups excluding tert-OH is 1. The van der Waals surface area contributed by atoms with Crippen LogP contribution in [0.5, 0.6) is 5.75 Å². The molecule has 0 fully saturated rings. The molecule has 0 radical (unpaired) electrons. The average Bonchev–Trinajstić information content (AvgIpc) is 2.87. The van der Waals surface area contributed by atoms with Crippen molar-refractivity contribution in [2.75, 3.05) is 13.7 Å². The van der Waals surface area contributed by atoms with Gasteiger partial charge in [0, 0.05) is 10.9 Å². The molecule has 1 aromatic carbocycles. The zero-order valence-corrected chi connectivity index (χ0v) is 11.2. The highest BCUT2D eigenvalue weighted by Crippen LogP contribution is 2.29. The standard InChI is InChI=1S/C13H16N2O2S/c1-8-5-9(3-4-12(8)17-2)13-15-11(7-18-13)10(14)6-16/h3-5,7,10,16H,6,14H2,1-2H3. The molecule has 0 aliphatic carbocycles. The molecular weight excluding hydrogens is 248 g/mol. The molecule has 18 heavy (non-hydrogen) atoms. The average molecular weight is 264 g/mol. The highest BCUT2D eigenvalue weighted by atomic mass is 32.1. The van der Waals surface area contributed by atoms with Crippen LogP contribution in [0.25, 0.3) is 10.6 Å². The smallest absolute Gasteiger partial charge is 0.123 e. The number of aliphatic hydroxyl groups is 1.